The third-order valence-corrected chi connectivity index (χ3v) is 3.98. The summed E-state index contributed by atoms with van der Waals surface area (Å²) >= 11 is 1.40. The molecule has 0 saturated heterocycles. The van der Waals surface area contributed by atoms with E-state index < -0.39 is 0 Å². The van der Waals surface area contributed by atoms with Gasteiger partial charge in [-0.15, -0.1) is 10.2 Å². The molecule has 0 atom stereocenters. The molecule has 0 spiro atoms. The van der Waals surface area contributed by atoms with Gasteiger partial charge in [-0.05, 0) is 43.8 Å². The Morgan fingerprint density at radius 3 is 2.80 bits per heavy atom. The summed E-state index contributed by atoms with van der Waals surface area (Å²) in [7, 11) is 1.89. The Morgan fingerprint density at radius 1 is 1.45 bits per heavy atom. The highest BCUT2D eigenvalue weighted by atomic mass is 32.2. The van der Waals surface area contributed by atoms with Gasteiger partial charge >= 0.3 is 0 Å². The lowest BCUT2D eigenvalue weighted by atomic mass is 10.2. The molecule has 1 amide bonds. The van der Waals surface area contributed by atoms with Gasteiger partial charge in [-0.25, -0.2) is 0 Å². The molecule has 106 valence electrons. The molecule has 0 bridgehead atoms. The van der Waals surface area contributed by atoms with Crippen molar-refractivity contribution in [2.75, 3.05) is 12.3 Å². The molecule has 7 heteroatoms. The Morgan fingerprint density at radius 2 is 2.20 bits per heavy atom. The monoisotopic (exact) mass is 291 g/mol. The molecule has 6 nitrogen and oxygen atoms in total. The number of carbonyl (C=O) groups is 1. The highest BCUT2D eigenvalue weighted by molar-refractivity contribution is 7.99. The first kappa shape index (κ1) is 14.4. The van der Waals surface area contributed by atoms with Crippen LogP contribution in [-0.2, 0) is 7.05 Å². The van der Waals surface area contributed by atoms with Crippen molar-refractivity contribution in [1.82, 2.24) is 20.1 Å². The predicted octanol–water partition coefficient (Wildman–Crippen LogP) is 1.61. The Labute approximate surface area is 121 Å². The summed E-state index contributed by atoms with van der Waals surface area (Å²) in [6.45, 7) is 4.35. The highest BCUT2D eigenvalue weighted by Gasteiger charge is 2.12. The highest BCUT2D eigenvalue weighted by Crippen LogP contribution is 2.31. The Kier molecular flexibility index (Phi) is 4.29. The zero-order valence-corrected chi connectivity index (χ0v) is 12.5. The van der Waals surface area contributed by atoms with Crippen molar-refractivity contribution >= 4 is 23.4 Å². The zero-order valence-electron chi connectivity index (χ0n) is 11.7. The fraction of sp³-hybridized carbons (Fsp3) is 0.308. The molecule has 1 aromatic heterocycles. The smallest absolute Gasteiger partial charge is 0.251 e. The number of rotatable bonds is 4. The lowest BCUT2D eigenvalue weighted by molar-refractivity contribution is 0.0955. The summed E-state index contributed by atoms with van der Waals surface area (Å²) in [4.78, 5) is 12.6. The van der Waals surface area contributed by atoms with E-state index in [1.54, 1.807) is 18.2 Å². The minimum Gasteiger partial charge on any atom is -0.398 e. The molecule has 0 aliphatic heterocycles. The number of nitrogen functional groups attached to an aromatic ring is 1. The number of nitrogens with two attached hydrogens (primary N) is 1. The second-order valence-corrected chi connectivity index (χ2v) is 5.31. The van der Waals surface area contributed by atoms with Gasteiger partial charge in [0.25, 0.3) is 5.91 Å². The maximum absolute atomic E-state index is 11.8. The van der Waals surface area contributed by atoms with Gasteiger partial charge in [-0.2, -0.15) is 0 Å². The minimum atomic E-state index is -0.108. The van der Waals surface area contributed by atoms with Crippen molar-refractivity contribution in [1.29, 1.82) is 0 Å². The first-order valence-corrected chi connectivity index (χ1v) is 7.06. The standard InChI is InChI=1S/C13H17N5OS/c1-4-15-12(19)9-5-6-10(14)11(7-9)20-13-17-16-8(2)18(13)3/h5-7H,4,14H2,1-3H3,(H,15,19). The van der Waals surface area contributed by atoms with Crippen LogP contribution in [0, 0.1) is 6.92 Å². The average molecular weight is 291 g/mol. The first-order chi connectivity index (χ1) is 9.52. The topological polar surface area (TPSA) is 85.8 Å². The summed E-state index contributed by atoms with van der Waals surface area (Å²) in [5.41, 5.74) is 7.16. The van der Waals surface area contributed by atoms with E-state index in [2.05, 4.69) is 15.5 Å². The average Bonchev–Trinajstić information content (AvgIpc) is 2.73. The second-order valence-electron chi connectivity index (χ2n) is 4.30. The summed E-state index contributed by atoms with van der Waals surface area (Å²) in [5, 5.41) is 11.6. The molecular formula is C13H17N5OS. The fourth-order valence-electron chi connectivity index (χ4n) is 1.60. The molecule has 3 N–H and O–H groups in total. The van der Waals surface area contributed by atoms with E-state index in [4.69, 9.17) is 5.73 Å². The summed E-state index contributed by atoms with van der Waals surface area (Å²) in [5.74, 6) is 0.717. The summed E-state index contributed by atoms with van der Waals surface area (Å²) in [6.07, 6.45) is 0. The normalized spacial score (nSPS) is 10.6. The van der Waals surface area contributed by atoms with E-state index >= 15 is 0 Å². The van der Waals surface area contributed by atoms with E-state index in [0.717, 1.165) is 15.9 Å². The van der Waals surface area contributed by atoms with Crippen molar-refractivity contribution in [3.63, 3.8) is 0 Å². The molecule has 2 aromatic rings. The number of nitrogens with one attached hydrogen (secondary N) is 1. The van der Waals surface area contributed by atoms with Crippen LogP contribution >= 0.6 is 11.8 Å². The fourth-order valence-corrected chi connectivity index (χ4v) is 2.52. The van der Waals surface area contributed by atoms with Gasteiger partial charge in [0.2, 0.25) is 0 Å². The van der Waals surface area contributed by atoms with E-state index in [1.807, 2.05) is 25.5 Å². The molecule has 0 saturated carbocycles. The number of amides is 1. The van der Waals surface area contributed by atoms with E-state index in [9.17, 15) is 4.79 Å². The van der Waals surface area contributed by atoms with Gasteiger partial charge < -0.3 is 15.6 Å². The minimum absolute atomic E-state index is 0.108. The number of aromatic nitrogens is 3. The third kappa shape index (κ3) is 2.93. The number of carbonyl (C=O) groups excluding carboxylic acids is 1. The Bertz CT molecular complexity index is 638. The van der Waals surface area contributed by atoms with Crippen molar-refractivity contribution in [3.8, 4) is 0 Å². The number of benzene rings is 1. The molecule has 2 rings (SSSR count). The SMILES string of the molecule is CCNC(=O)c1ccc(N)c(Sc2nnc(C)n2C)c1. The molecule has 1 heterocycles. The van der Waals surface area contributed by atoms with Crippen molar-refractivity contribution in [3.05, 3.63) is 29.6 Å². The van der Waals surface area contributed by atoms with Crippen LogP contribution in [0.4, 0.5) is 5.69 Å². The third-order valence-electron chi connectivity index (χ3n) is 2.87. The van der Waals surface area contributed by atoms with Crippen LogP contribution in [0.25, 0.3) is 0 Å². The molecule has 0 fully saturated rings. The maximum atomic E-state index is 11.8. The van der Waals surface area contributed by atoms with Crippen LogP contribution in [0.2, 0.25) is 0 Å². The van der Waals surface area contributed by atoms with Crippen molar-refractivity contribution in [2.24, 2.45) is 7.05 Å². The second kappa shape index (κ2) is 5.96. The van der Waals surface area contributed by atoms with Crippen LogP contribution in [0.15, 0.2) is 28.3 Å². The quantitative estimate of drug-likeness (QED) is 0.836. The largest absolute Gasteiger partial charge is 0.398 e. The molecule has 20 heavy (non-hydrogen) atoms. The molecule has 0 aliphatic rings. The molecule has 0 radical (unpaired) electrons. The predicted molar refractivity (Wildman–Crippen MR) is 78.7 cm³/mol. The lowest BCUT2D eigenvalue weighted by Gasteiger charge is -2.08. The van der Waals surface area contributed by atoms with Crippen LogP contribution < -0.4 is 11.1 Å². The van der Waals surface area contributed by atoms with E-state index in [-0.39, 0.29) is 5.91 Å². The molecule has 0 aliphatic carbocycles. The Hall–Kier alpha value is -2.02. The van der Waals surface area contributed by atoms with Gasteiger partial charge in [-0.1, -0.05) is 0 Å². The van der Waals surface area contributed by atoms with Gasteiger partial charge in [0, 0.05) is 29.7 Å². The number of hydrogen-bond donors (Lipinski definition) is 2. The van der Waals surface area contributed by atoms with Crippen molar-refractivity contribution < 1.29 is 4.79 Å². The van der Waals surface area contributed by atoms with Gasteiger partial charge in [0.1, 0.15) is 5.82 Å². The molecule has 0 unspecified atom stereocenters. The molecule has 1 aromatic carbocycles. The van der Waals surface area contributed by atoms with Gasteiger partial charge in [0.15, 0.2) is 5.16 Å². The van der Waals surface area contributed by atoms with Gasteiger partial charge in [0.05, 0.1) is 0 Å². The van der Waals surface area contributed by atoms with Crippen LogP contribution in [-0.4, -0.2) is 27.2 Å². The first-order valence-electron chi connectivity index (χ1n) is 6.24. The van der Waals surface area contributed by atoms with E-state index in [1.165, 1.54) is 11.8 Å². The van der Waals surface area contributed by atoms with Crippen LogP contribution in [0.1, 0.15) is 23.1 Å². The Balaban J connectivity index is 2.29. The van der Waals surface area contributed by atoms with Crippen LogP contribution in [0.3, 0.4) is 0 Å². The van der Waals surface area contributed by atoms with Crippen LogP contribution in [0.5, 0.6) is 0 Å². The van der Waals surface area contributed by atoms with Crippen molar-refractivity contribution in [2.45, 2.75) is 23.9 Å². The van der Waals surface area contributed by atoms with Gasteiger partial charge in [-0.3, -0.25) is 4.79 Å². The number of hydrogen-bond acceptors (Lipinski definition) is 5. The zero-order chi connectivity index (χ0) is 14.7. The maximum Gasteiger partial charge on any atom is 0.251 e. The lowest BCUT2D eigenvalue weighted by Crippen LogP contribution is -2.22. The molecular weight excluding hydrogens is 274 g/mol. The number of nitrogens with zero attached hydrogens (tertiary/aromatic N) is 3. The number of aryl methyl sites for hydroxylation is 1. The summed E-state index contributed by atoms with van der Waals surface area (Å²) < 4.78 is 1.88. The summed E-state index contributed by atoms with van der Waals surface area (Å²) in [6, 6.07) is 5.22. The number of anilines is 1. The van der Waals surface area contributed by atoms with E-state index in [0.29, 0.717) is 17.8 Å².